The van der Waals surface area contributed by atoms with Crippen molar-refractivity contribution in [1.29, 1.82) is 0 Å². The van der Waals surface area contributed by atoms with Crippen molar-refractivity contribution in [2.45, 2.75) is 32.8 Å². The monoisotopic (exact) mass is 326 g/mol. The fourth-order valence-electron chi connectivity index (χ4n) is 3.35. The number of halogens is 2. The first-order chi connectivity index (χ1) is 10.4. The molecule has 4 nitrogen and oxygen atoms in total. The zero-order valence-corrected chi connectivity index (χ0v) is 13.5. The molecule has 1 fully saturated rings. The Bertz CT molecular complexity index is 680. The topological polar surface area (TPSA) is 58.1 Å². The molecule has 2 heterocycles. The third kappa shape index (κ3) is 2.51. The molecule has 1 aromatic carbocycles. The van der Waals surface area contributed by atoms with E-state index in [2.05, 4.69) is 10.2 Å². The van der Waals surface area contributed by atoms with Gasteiger partial charge >= 0.3 is 0 Å². The molecule has 2 N–H and O–H groups in total. The van der Waals surface area contributed by atoms with Crippen molar-refractivity contribution in [3.05, 3.63) is 28.7 Å². The number of aromatic nitrogens is 2. The lowest BCUT2D eigenvalue weighted by molar-refractivity contribution is -0.0443. The Morgan fingerprint density at radius 3 is 2.82 bits per heavy atom. The summed E-state index contributed by atoms with van der Waals surface area (Å²) in [5.74, 6) is -0.321. The molecule has 0 radical (unpaired) electrons. The highest BCUT2D eigenvalue weighted by molar-refractivity contribution is 6.31. The average molecular weight is 327 g/mol. The van der Waals surface area contributed by atoms with Crippen LogP contribution in [0.25, 0.3) is 10.9 Å². The van der Waals surface area contributed by atoms with Gasteiger partial charge in [0, 0.05) is 24.2 Å². The van der Waals surface area contributed by atoms with Crippen LogP contribution in [0.4, 0.5) is 4.39 Å². The second kappa shape index (κ2) is 5.80. The van der Waals surface area contributed by atoms with E-state index in [9.17, 15) is 9.50 Å². The van der Waals surface area contributed by atoms with Gasteiger partial charge in [-0.05, 0) is 30.2 Å². The number of aliphatic hydroxyl groups excluding tert-OH is 1. The zero-order chi connectivity index (χ0) is 15.9. The van der Waals surface area contributed by atoms with Crippen LogP contribution in [0.1, 0.15) is 38.4 Å². The summed E-state index contributed by atoms with van der Waals surface area (Å²) in [5, 5.41) is 18.4. The molecular formula is C16H20ClFN2O2. The first kappa shape index (κ1) is 15.7. The van der Waals surface area contributed by atoms with Crippen LogP contribution in [0.5, 0.6) is 0 Å². The first-order valence-corrected chi connectivity index (χ1v) is 7.87. The fourth-order valence-corrected chi connectivity index (χ4v) is 3.57. The van der Waals surface area contributed by atoms with E-state index in [-0.39, 0.29) is 16.5 Å². The standard InChI is InChI=1S/C16H20ClFN2O2/c1-16(2,10-3-5-22-6-4-10)15(21)12-13(18)11(17)7-9-8-19-20-14(9)12/h7-8,10,15,21H,3-6H2,1-2H3,(H,19,20). The molecule has 1 aromatic heterocycles. The predicted octanol–water partition coefficient (Wildman–Crippen LogP) is 3.84. The van der Waals surface area contributed by atoms with Gasteiger partial charge < -0.3 is 9.84 Å². The molecule has 2 aromatic rings. The number of rotatable bonds is 3. The molecule has 1 aliphatic heterocycles. The van der Waals surface area contributed by atoms with Crippen molar-refractivity contribution in [2.24, 2.45) is 11.3 Å². The van der Waals surface area contributed by atoms with Crippen LogP contribution < -0.4 is 0 Å². The van der Waals surface area contributed by atoms with Gasteiger partial charge in [0.05, 0.1) is 22.8 Å². The van der Waals surface area contributed by atoms with Gasteiger partial charge in [0.1, 0.15) is 5.82 Å². The largest absolute Gasteiger partial charge is 0.388 e. The minimum atomic E-state index is -0.975. The number of ether oxygens (including phenoxy) is 1. The van der Waals surface area contributed by atoms with E-state index in [1.165, 1.54) is 6.07 Å². The summed E-state index contributed by atoms with van der Waals surface area (Å²) in [5.41, 5.74) is 0.221. The summed E-state index contributed by atoms with van der Waals surface area (Å²) in [7, 11) is 0. The second-order valence-corrected chi connectivity index (χ2v) is 6.94. The van der Waals surface area contributed by atoms with E-state index >= 15 is 0 Å². The van der Waals surface area contributed by atoms with Crippen molar-refractivity contribution >= 4 is 22.5 Å². The molecule has 1 saturated heterocycles. The van der Waals surface area contributed by atoms with Crippen molar-refractivity contribution < 1.29 is 14.2 Å². The highest BCUT2D eigenvalue weighted by Gasteiger charge is 2.40. The van der Waals surface area contributed by atoms with Gasteiger partial charge in [0.25, 0.3) is 0 Å². The summed E-state index contributed by atoms with van der Waals surface area (Å²) >= 11 is 5.98. The van der Waals surface area contributed by atoms with Gasteiger partial charge in [-0.15, -0.1) is 0 Å². The number of nitrogens with zero attached hydrogens (tertiary/aromatic N) is 1. The summed E-state index contributed by atoms with van der Waals surface area (Å²) < 4.78 is 20.0. The van der Waals surface area contributed by atoms with Crippen molar-refractivity contribution in [3.63, 3.8) is 0 Å². The van der Waals surface area contributed by atoms with Crippen LogP contribution in [0.3, 0.4) is 0 Å². The third-order valence-corrected chi connectivity index (χ3v) is 5.19. The molecule has 0 aliphatic carbocycles. The van der Waals surface area contributed by atoms with E-state index in [1.54, 1.807) is 6.20 Å². The lowest BCUT2D eigenvalue weighted by Gasteiger charge is -2.40. The lowest BCUT2D eigenvalue weighted by Crippen LogP contribution is -2.35. The maximum atomic E-state index is 14.6. The Labute approximate surface area is 133 Å². The average Bonchev–Trinajstić information content (AvgIpc) is 2.96. The van der Waals surface area contributed by atoms with Crippen molar-refractivity contribution in [3.8, 4) is 0 Å². The van der Waals surface area contributed by atoms with Gasteiger partial charge in [-0.3, -0.25) is 5.10 Å². The van der Waals surface area contributed by atoms with Crippen LogP contribution in [0.2, 0.25) is 5.02 Å². The third-order valence-electron chi connectivity index (χ3n) is 4.92. The molecule has 0 spiro atoms. The molecule has 3 rings (SSSR count). The maximum Gasteiger partial charge on any atom is 0.149 e. The molecule has 0 amide bonds. The number of aliphatic hydroxyl groups is 1. The second-order valence-electron chi connectivity index (χ2n) is 6.53. The van der Waals surface area contributed by atoms with Gasteiger partial charge in [0.15, 0.2) is 0 Å². The summed E-state index contributed by atoms with van der Waals surface area (Å²) in [6, 6.07) is 1.52. The van der Waals surface area contributed by atoms with Gasteiger partial charge in [-0.25, -0.2) is 4.39 Å². The normalized spacial score (nSPS) is 18.8. The van der Waals surface area contributed by atoms with Crippen molar-refractivity contribution in [2.75, 3.05) is 13.2 Å². The predicted molar refractivity (Wildman–Crippen MR) is 83.3 cm³/mol. The number of hydrogen-bond acceptors (Lipinski definition) is 3. The minimum Gasteiger partial charge on any atom is -0.388 e. The highest BCUT2D eigenvalue weighted by atomic mass is 35.5. The Kier molecular flexibility index (Phi) is 4.14. The van der Waals surface area contributed by atoms with E-state index < -0.39 is 17.3 Å². The molecule has 1 aliphatic rings. The molecule has 0 saturated carbocycles. The zero-order valence-electron chi connectivity index (χ0n) is 12.7. The van der Waals surface area contributed by atoms with Crippen LogP contribution in [0, 0.1) is 17.2 Å². The van der Waals surface area contributed by atoms with Gasteiger partial charge in [0.2, 0.25) is 0 Å². The Balaban J connectivity index is 2.05. The minimum absolute atomic E-state index is 0.00530. The number of nitrogens with one attached hydrogen (secondary N) is 1. The molecular weight excluding hydrogens is 307 g/mol. The quantitative estimate of drug-likeness (QED) is 0.901. The Morgan fingerprint density at radius 1 is 1.45 bits per heavy atom. The van der Waals surface area contributed by atoms with Gasteiger partial charge in [-0.1, -0.05) is 25.4 Å². The summed E-state index contributed by atoms with van der Waals surface area (Å²) in [6.45, 7) is 5.29. The number of H-pyrrole nitrogens is 1. The number of fused-ring (bicyclic) bond motifs is 1. The van der Waals surface area contributed by atoms with E-state index in [0.717, 1.165) is 12.8 Å². The smallest absolute Gasteiger partial charge is 0.149 e. The Morgan fingerprint density at radius 2 is 2.14 bits per heavy atom. The summed E-state index contributed by atoms with van der Waals surface area (Å²) in [4.78, 5) is 0. The SMILES string of the molecule is CC(C)(C1CCOCC1)C(O)c1c(F)c(Cl)cc2cn[nH]c12. The van der Waals surface area contributed by atoms with Crippen LogP contribution >= 0.6 is 11.6 Å². The fraction of sp³-hybridized carbons (Fsp3) is 0.562. The highest BCUT2D eigenvalue weighted by Crippen LogP contribution is 2.46. The number of aromatic amines is 1. The van der Waals surface area contributed by atoms with Crippen molar-refractivity contribution in [1.82, 2.24) is 10.2 Å². The number of hydrogen-bond donors (Lipinski definition) is 2. The first-order valence-electron chi connectivity index (χ1n) is 7.49. The molecule has 1 unspecified atom stereocenters. The number of benzene rings is 1. The van der Waals surface area contributed by atoms with E-state index in [1.807, 2.05) is 13.8 Å². The van der Waals surface area contributed by atoms with E-state index in [0.29, 0.717) is 24.1 Å². The van der Waals surface area contributed by atoms with Crippen LogP contribution in [-0.4, -0.2) is 28.5 Å². The molecule has 0 bridgehead atoms. The van der Waals surface area contributed by atoms with Crippen LogP contribution in [-0.2, 0) is 4.74 Å². The maximum absolute atomic E-state index is 14.6. The van der Waals surface area contributed by atoms with Gasteiger partial charge in [-0.2, -0.15) is 5.10 Å². The van der Waals surface area contributed by atoms with Crippen LogP contribution in [0.15, 0.2) is 12.3 Å². The molecule has 120 valence electrons. The summed E-state index contributed by atoms with van der Waals surface area (Å²) in [6.07, 6.45) is 2.33. The molecule has 22 heavy (non-hydrogen) atoms. The van der Waals surface area contributed by atoms with E-state index in [4.69, 9.17) is 16.3 Å². The Hall–Kier alpha value is -1.17. The lowest BCUT2D eigenvalue weighted by atomic mass is 9.69. The molecule has 1 atom stereocenters. The molecule has 6 heteroatoms.